The summed E-state index contributed by atoms with van der Waals surface area (Å²) < 4.78 is 8.12. The van der Waals surface area contributed by atoms with Crippen LogP contribution in [0.5, 0.6) is 0 Å². The minimum atomic E-state index is 0.179. The van der Waals surface area contributed by atoms with Crippen LogP contribution >= 0.6 is 0 Å². The second-order valence-electron chi connectivity index (χ2n) is 6.56. The van der Waals surface area contributed by atoms with E-state index in [-0.39, 0.29) is 5.60 Å². The lowest BCUT2D eigenvalue weighted by molar-refractivity contribution is -0.121. The highest BCUT2D eigenvalue weighted by Crippen LogP contribution is 2.44. The fourth-order valence-corrected chi connectivity index (χ4v) is 4.17. The monoisotopic (exact) mass is 277 g/mol. The average molecular weight is 277 g/mol. The van der Waals surface area contributed by atoms with Gasteiger partial charge in [-0.2, -0.15) is 5.10 Å². The number of rotatable bonds is 3. The molecule has 1 aromatic rings. The summed E-state index contributed by atoms with van der Waals surface area (Å²) in [7, 11) is 4.06. The molecule has 20 heavy (non-hydrogen) atoms. The first kappa shape index (κ1) is 14.1. The molecule has 0 aromatic carbocycles. The summed E-state index contributed by atoms with van der Waals surface area (Å²) in [6.07, 6.45) is 13.1. The molecule has 1 N–H and O–H groups in total. The molecule has 1 saturated carbocycles. The molecule has 0 radical (unpaired) electrons. The molecule has 1 spiro atoms. The van der Waals surface area contributed by atoms with Gasteiger partial charge in [0.05, 0.1) is 11.8 Å². The van der Waals surface area contributed by atoms with Gasteiger partial charge < -0.3 is 10.1 Å². The zero-order valence-electron chi connectivity index (χ0n) is 12.8. The third-order valence-corrected chi connectivity index (χ3v) is 5.16. The highest BCUT2D eigenvalue weighted by atomic mass is 16.5. The Hall–Kier alpha value is -0.870. The predicted molar refractivity (Wildman–Crippen MR) is 79.5 cm³/mol. The van der Waals surface area contributed by atoms with Gasteiger partial charge >= 0.3 is 0 Å². The van der Waals surface area contributed by atoms with Crippen LogP contribution in [-0.4, -0.2) is 29.0 Å². The number of nitrogens with zero attached hydrogens (tertiary/aromatic N) is 2. The Bertz CT molecular complexity index is 431. The Morgan fingerprint density at radius 3 is 2.85 bits per heavy atom. The van der Waals surface area contributed by atoms with E-state index in [0.717, 1.165) is 13.0 Å². The minimum absolute atomic E-state index is 0.179. The van der Waals surface area contributed by atoms with Crippen molar-refractivity contribution in [3.05, 3.63) is 18.0 Å². The van der Waals surface area contributed by atoms with Crippen molar-refractivity contribution in [1.29, 1.82) is 0 Å². The highest BCUT2D eigenvalue weighted by molar-refractivity contribution is 5.12. The topological polar surface area (TPSA) is 39.1 Å². The van der Waals surface area contributed by atoms with E-state index in [9.17, 15) is 0 Å². The largest absolute Gasteiger partial charge is 0.375 e. The molecule has 0 amide bonds. The van der Waals surface area contributed by atoms with Crippen LogP contribution in [0.1, 0.15) is 56.6 Å². The van der Waals surface area contributed by atoms with Gasteiger partial charge in [-0.05, 0) is 38.6 Å². The van der Waals surface area contributed by atoms with E-state index in [2.05, 4.69) is 23.7 Å². The molecule has 2 heterocycles. The summed E-state index contributed by atoms with van der Waals surface area (Å²) in [5.74, 6) is 0.663. The molecular weight excluding hydrogens is 250 g/mol. The van der Waals surface area contributed by atoms with Crippen molar-refractivity contribution in [3.63, 3.8) is 0 Å². The van der Waals surface area contributed by atoms with E-state index in [4.69, 9.17) is 4.74 Å². The van der Waals surface area contributed by atoms with Crippen molar-refractivity contribution in [1.82, 2.24) is 15.1 Å². The van der Waals surface area contributed by atoms with E-state index in [0.29, 0.717) is 12.0 Å². The van der Waals surface area contributed by atoms with Crippen LogP contribution < -0.4 is 5.32 Å². The minimum Gasteiger partial charge on any atom is -0.375 e. The van der Waals surface area contributed by atoms with Gasteiger partial charge in [0.1, 0.15) is 0 Å². The van der Waals surface area contributed by atoms with Crippen molar-refractivity contribution in [2.75, 3.05) is 13.7 Å². The number of hydrogen-bond acceptors (Lipinski definition) is 3. The molecule has 0 bridgehead atoms. The molecule has 1 aliphatic carbocycles. The summed E-state index contributed by atoms with van der Waals surface area (Å²) in [5.41, 5.74) is 1.49. The van der Waals surface area contributed by atoms with Crippen molar-refractivity contribution in [2.24, 2.45) is 13.0 Å². The molecule has 2 unspecified atom stereocenters. The van der Waals surface area contributed by atoms with Crippen LogP contribution in [0.25, 0.3) is 0 Å². The van der Waals surface area contributed by atoms with Crippen LogP contribution in [0.3, 0.4) is 0 Å². The van der Waals surface area contributed by atoms with E-state index >= 15 is 0 Å². The van der Waals surface area contributed by atoms with Crippen molar-refractivity contribution >= 4 is 0 Å². The molecule has 1 saturated heterocycles. The second-order valence-corrected chi connectivity index (χ2v) is 6.56. The van der Waals surface area contributed by atoms with Gasteiger partial charge in [0.25, 0.3) is 0 Å². The zero-order valence-corrected chi connectivity index (χ0v) is 12.8. The first-order chi connectivity index (χ1) is 9.72. The Morgan fingerprint density at radius 1 is 1.40 bits per heavy atom. The molecule has 2 atom stereocenters. The van der Waals surface area contributed by atoms with Crippen LogP contribution in [-0.2, 0) is 11.8 Å². The van der Waals surface area contributed by atoms with Gasteiger partial charge in [-0.1, -0.05) is 19.3 Å². The third-order valence-electron chi connectivity index (χ3n) is 5.16. The summed E-state index contributed by atoms with van der Waals surface area (Å²) >= 11 is 0. The van der Waals surface area contributed by atoms with Gasteiger partial charge in [-0.25, -0.2) is 0 Å². The number of aryl methyl sites for hydroxylation is 1. The smallest absolute Gasteiger partial charge is 0.0686 e. The predicted octanol–water partition coefficient (Wildman–Crippen LogP) is 2.81. The molecule has 4 heteroatoms. The molecule has 2 aliphatic rings. The Balaban J connectivity index is 1.74. The lowest BCUT2D eigenvalue weighted by Gasteiger charge is -2.45. The summed E-state index contributed by atoms with van der Waals surface area (Å²) in [5, 5.41) is 7.84. The van der Waals surface area contributed by atoms with Crippen molar-refractivity contribution < 1.29 is 4.74 Å². The number of nitrogens with one attached hydrogen (secondary N) is 1. The van der Waals surface area contributed by atoms with Crippen LogP contribution in [0.2, 0.25) is 0 Å². The zero-order chi connectivity index (χ0) is 14.0. The second kappa shape index (κ2) is 5.86. The lowest BCUT2D eigenvalue weighted by atomic mass is 9.73. The quantitative estimate of drug-likeness (QED) is 0.923. The van der Waals surface area contributed by atoms with Gasteiger partial charge in [0, 0.05) is 31.5 Å². The number of ether oxygens (including phenoxy) is 1. The first-order valence-electron chi connectivity index (χ1n) is 8.02. The maximum Gasteiger partial charge on any atom is 0.0686 e. The fourth-order valence-electron chi connectivity index (χ4n) is 4.17. The van der Waals surface area contributed by atoms with Crippen molar-refractivity contribution in [3.8, 4) is 0 Å². The Labute approximate surface area is 121 Å². The summed E-state index contributed by atoms with van der Waals surface area (Å²) in [6, 6.07) is 0.409. The molecule has 1 aliphatic heterocycles. The maximum atomic E-state index is 6.22. The highest BCUT2D eigenvalue weighted by Gasteiger charge is 2.40. The molecular formula is C16H27N3O. The van der Waals surface area contributed by atoms with Gasteiger partial charge in [-0.15, -0.1) is 0 Å². The standard InChI is InChI=1S/C16H27N3O/c1-17-15(14-11-18-19(2)12-14)13-6-9-20-16(10-13)7-4-3-5-8-16/h11-13,15,17H,3-10H2,1-2H3. The maximum absolute atomic E-state index is 6.22. The average Bonchev–Trinajstić information content (AvgIpc) is 2.87. The van der Waals surface area contributed by atoms with E-state index in [1.165, 1.54) is 44.1 Å². The number of hydrogen-bond donors (Lipinski definition) is 1. The number of aromatic nitrogens is 2. The first-order valence-corrected chi connectivity index (χ1v) is 8.02. The Morgan fingerprint density at radius 2 is 2.20 bits per heavy atom. The molecule has 4 nitrogen and oxygen atoms in total. The van der Waals surface area contributed by atoms with Crippen LogP contribution in [0.4, 0.5) is 0 Å². The molecule has 3 rings (SSSR count). The van der Waals surface area contributed by atoms with Gasteiger partial charge in [0.2, 0.25) is 0 Å². The van der Waals surface area contributed by atoms with Gasteiger partial charge in [0.15, 0.2) is 0 Å². The normalized spacial score (nSPS) is 27.6. The van der Waals surface area contributed by atoms with Gasteiger partial charge in [-0.3, -0.25) is 4.68 Å². The summed E-state index contributed by atoms with van der Waals surface area (Å²) in [6.45, 7) is 0.920. The summed E-state index contributed by atoms with van der Waals surface area (Å²) in [4.78, 5) is 0. The molecule has 1 aromatic heterocycles. The fraction of sp³-hybridized carbons (Fsp3) is 0.812. The lowest BCUT2D eigenvalue weighted by Crippen LogP contribution is -2.44. The van der Waals surface area contributed by atoms with Crippen LogP contribution in [0, 0.1) is 5.92 Å². The van der Waals surface area contributed by atoms with Crippen molar-refractivity contribution in [2.45, 2.75) is 56.6 Å². The van der Waals surface area contributed by atoms with E-state index in [1.54, 1.807) is 0 Å². The van der Waals surface area contributed by atoms with Crippen LogP contribution in [0.15, 0.2) is 12.4 Å². The molecule has 2 fully saturated rings. The van der Waals surface area contributed by atoms with E-state index < -0.39 is 0 Å². The SMILES string of the molecule is CNC(c1cnn(C)c1)C1CCOC2(CCCCC2)C1. The van der Waals surface area contributed by atoms with E-state index in [1.807, 2.05) is 17.9 Å². The Kier molecular flexibility index (Phi) is 4.13. The molecule has 112 valence electrons. The third kappa shape index (κ3) is 2.77.